The Labute approximate surface area is 108 Å². The van der Waals surface area contributed by atoms with E-state index in [2.05, 4.69) is 0 Å². The fourth-order valence-electron chi connectivity index (χ4n) is 2.53. The van der Waals surface area contributed by atoms with Gasteiger partial charge in [-0.25, -0.2) is 0 Å². The molecule has 0 aliphatic heterocycles. The lowest BCUT2D eigenvalue weighted by Gasteiger charge is -2.30. The second-order valence-electron chi connectivity index (χ2n) is 4.88. The van der Waals surface area contributed by atoms with Gasteiger partial charge in [-0.1, -0.05) is 31.4 Å². The molecule has 1 aliphatic rings. The van der Waals surface area contributed by atoms with Crippen molar-refractivity contribution in [2.75, 3.05) is 6.61 Å². The number of ketones is 1. The Hall–Kier alpha value is -1.35. The molecular formula is C15H20O3. The van der Waals surface area contributed by atoms with Crippen molar-refractivity contribution in [3.8, 4) is 5.75 Å². The molecule has 2 rings (SSSR count). The van der Waals surface area contributed by atoms with Gasteiger partial charge >= 0.3 is 0 Å². The smallest absolute Gasteiger partial charge is 0.194 e. The highest BCUT2D eigenvalue weighted by Gasteiger charge is 2.37. The summed E-state index contributed by atoms with van der Waals surface area (Å²) in [5.41, 5.74) is -0.617. The van der Waals surface area contributed by atoms with E-state index in [1.165, 1.54) is 0 Å². The first-order valence-corrected chi connectivity index (χ1v) is 6.66. The molecular weight excluding hydrogens is 228 g/mol. The number of aliphatic hydroxyl groups is 1. The summed E-state index contributed by atoms with van der Waals surface area (Å²) in [6.07, 6.45) is 4.10. The fourth-order valence-corrected chi connectivity index (χ4v) is 2.53. The van der Waals surface area contributed by atoms with E-state index in [0.717, 1.165) is 19.3 Å². The van der Waals surface area contributed by atoms with Crippen LogP contribution in [0.15, 0.2) is 24.3 Å². The zero-order valence-corrected chi connectivity index (χ0v) is 10.8. The second kappa shape index (κ2) is 5.53. The van der Waals surface area contributed by atoms with Crippen molar-refractivity contribution in [1.82, 2.24) is 0 Å². The van der Waals surface area contributed by atoms with Crippen LogP contribution in [0.2, 0.25) is 0 Å². The monoisotopic (exact) mass is 248 g/mol. The summed E-state index contributed by atoms with van der Waals surface area (Å²) in [6, 6.07) is 7.09. The van der Waals surface area contributed by atoms with E-state index in [4.69, 9.17) is 4.74 Å². The molecule has 0 bridgehead atoms. The Balaban J connectivity index is 2.19. The maximum Gasteiger partial charge on any atom is 0.194 e. The van der Waals surface area contributed by atoms with Gasteiger partial charge in [0.15, 0.2) is 5.78 Å². The van der Waals surface area contributed by atoms with Crippen molar-refractivity contribution in [2.24, 2.45) is 0 Å². The standard InChI is InChI=1S/C15H20O3/c1-2-18-13-8-6-7-12(11-13)14(16)15(17)9-4-3-5-10-15/h6-8,11,17H,2-5,9-10H2,1H3. The van der Waals surface area contributed by atoms with E-state index in [0.29, 0.717) is 30.8 Å². The average Bonchev–Trinajstić information content (AvgIpc) is 2.39. The SMILES string of the molecule is CCOc1cccc(C(=O)C2(O)CCCCC2)c1. The van der Waals surface area contributed by atoms with Crippen LogP contribution in [0.25, 0.3) is 0 Å². The minimum absolute atomic E-state index is 0.163. The minimum atomic E-state index is -1.16. The number of hydrogen-bond donors (Lipinski definition) is 1. The Kier molecular flexibility index (Phi) is 4.02. The highest BCUT2D eigenvalue weighted by atomic mass is 16.5. The number of Topliss-reactive ketones (excluding diaryl/α,β-unsaturated/α-hetero) is 1. The molecule has 18 heavy (non-hydrogen) atoms. The van der Waals surface area contributed by atoms with Crippen molar-refractivity contribution < 1.29 is 14.6 Å². The van der Waals surface area contributed by atoms with Crippen LogP contribution in [-0.2, 0) is 0 Å². The van der Waals surface area contributed by atoms with Gasteiger partial charge in [0.2, 0.25) is 0 Å². The minimum Gasteiger partial charge on any atom is -0.494 e. The number of benzene rings is 1. The van der Waals surface area contributed by atoms with Gasteiger partial charge in [-0.2, -0.15) is 0 Å². The van der Waals surface area contributed by atoms with Crippen LogP contribution in [0.4, 0.5) is 0 Å². The zero-order chi connectivity index (χ0) is 13.0. The summed E-state index contributed by atoms with van der Waals surface area (Å²) in [7, 11) is 0. The molecule has 0 radical (unpaired) electrons. The Morgan fingerprint density at radius 1 is 1.33 bits per heavy atom. The first kappa shape index (κ1) is 13.1. The lowest BCUT2D eigenvalue weighted by molar-refractivity contribution is 0.0116. The van der Waals surface area contributed by atoms with Crippen LogP contribution in [0.1, 0.15) is 49.4 Å². The lowest BCUT2D eigenvalue weighted by atomic mass is 9.79. The predicted molar refractivity (Wildman–Crippen MR) is 70.0 cm³/mol. The first-order chi connectivity index (χ1) is 8.65. The number of carbonyl (C=O) groups excluding carboxylic acids is 1. The molecule has 1 fully saturated rings. The van der Waals surface area contributed by atoms with E-state index < -0.39 is 5.60 Å². The molecule has 0 atom stereocenters. The van der Waals surface area contributed by atoms with E-state index in [1.54, 1.807) is 18.2 Å². The van der Waals surface area contributed by atoms with Gasteiger partial charge in [-0.15, -0.1) is 0 Å². The second-order valence-corrected chi connectivity index (χ2v) is 4.88. The quantitative estimate of drug-likeness (QED) is 0.833. The molecule has 1 aromatic carbocycles. The molecule has 0 heterocycles. The molecule has 1 aliphatic carbocycles. The van der Waals surface area contributed by atoms with Crippen LogP contribution in [0.3, 0.4) is 0 Å². The maximum absolute atomic E-state index is 12.4. The number of hydrogen-bond acceptors (Lipinski definition) is 3. The van der Waals surface area contributed by atoms with Gasteiger partial charge in [0, 0.05) is 5.56 Å². The molecule has 0 aromatic heterocycles. The molecule has 0 saturated heterocycles. The zero-order valence-electron chi connectivity index (χ0n) is 10.8. The van der Waals surface area contributed by atoms with Crippen molar-refractivity contribution in [2.45, 2.75) is 44.6 Å². The molecule has 0 spiro atoms. The fraction of sp³-hybridized carbons (Fsp3) is 0.533. The van der Waals surface area contributed by atoms with Gasteiger partial charge in [0.05, 0.1) is 6.61 Å². The molecule has 1 N–H and O–H groups in total. The van der Waals surface area contributed by atoms with Gasteiger partial charge in [0.25, 0.3) is 0 Å². The van der Waals surface area contributed by atoms with Crippen molar-refractivity contribution in [3.63, 3.8) is 0 Å². The predicted octanol–water partition coefficient (Wildman–Crippen LogP) is 2.96. The summed E-state index contributed by atoms with van der Waals surface area (Å²) >= 11 is 0. The number of rotatable bonds is 4. The lowest BCUT2D eigenvalue weighted by Crippen LogP contribution is -2.40. The highest BCUT2D eigenvalue weighted by molar-refractivity contribution is 6.02. The summed E-state index contributed by atoms with van der Waals surface area (Å²) in [5.74, 6) is 0.520. The largest absolute Gasteiger partial charge is 0.494 e. The Morgan fingerprint density at radius 2 is 2.06 bits per heavy atom. The van der Waals surface area contributed by atoms with E-state index in [-0.39, 0.29) is 5.78 Å². The Morgan fingerprint density at radius 3 is 2.72 bits per heavy atom. The van der Waals surface area contributed by atoms with E-state index in [9.17, 15) is 9.90 Å². The summed E-state index contributed by atoms with van der Waals surface area (Å²) in [4.78, 5) is 12.4. The molecule has 3 nitrogen and oxygen atoms in total. The third kappa shape index (κ3) is 2.72. The molecule has 1 saturated carbocycles. The van der Waals surface area contributed by atoms with Crippen molar-refractivity contribution in [1.29, 1.82) is 0 Å². The topological polar surface area (TPSA) is 46.5 Å². The molecule has 0 unspecified atom stereocenters. The summed E-state index contributed by atoms with van der Waals surface area (Å²) in [5, 5.41) is 10.4. The number of ether oxygens (including phenoxy) is 1. The van der Waals surface area contributed by atoms with Gasteiger partial charge in [-0.3, -0.25) is 4.79 Å². The van der Waals surface area contributed by atoms with Crippen LogP contribution in [0, 0.1) is 0 Å². The average molecular weight is 248 g/mol. The highest BCUT2D eigenvalue weighted by Crippen LogP contribution is 2.31. The summed E-state index contributed by atoms with van der Waals surface area (Å²) in [6.45, 7) is 2.48. The summed E-state index contributed by atoms with van der Waals surface area (Å²) < 4.78 is 5.38. The third-order valence-corrected chi connectivity index (χ3v) is 3.51. The van der Waals surface area contributed by atoms with Crippen LogP contribution in [-0.4, -0.2) is 23.1 Å². The molecule has 1 aromatic rings. The Bertz CT molecular complexity index is 420. The van der Waals surface area contributed by atoms with E-state index >= 15 is 0 Å². The van der Waals surface area contributed by atoms with Crippen LogP contribution < -0.4 is 4.74 Å². The van der Waals surface area contributed by atoms with Gasteiger partial charge < -0.3 is 9.84 Å². The van der Waals surface area contributed by atoms with Gasteiger partial charge in [0.1, 0.15) is 11.4 Å². The molecule has 98 valence electrons. The van der Waals surface area contributed by atoms with Crippen LogP contribution >= 0.6 is 0 Å². The van der Waals surface area contributed by atoms with Crippen molar-refractivity contribution >= 4 is 5.78 Å². The van der Waals surface area contributed by atoms with Gasteiger partial charge in [-0.05, 0) is 31.9 Å². The first-order valence-electron chi connectivity index (χ1n) is 6.66. The molecule has 3 heteroatoms. The van der Waals surface area contributed by atoms with E-state index in [1.807, 2.05) is 13.0 Å². The number of carbonyl (C=O) groups is 1. The third-order valence-electron chi connectivity index (χ3n) is 3.51. The maximum atomic E-state index is 12.4. The van der Waals surface area contributed by atoms with Crippen molar-refractivity contribution in [3.05, 3.63) is 29.8 Å². The molecule has 0 amide bonds. The van der Waals surface area contributed by atoms with Crippen LogP contribution in [0.5, 0.6) is 5.75 Å². The normalized spacial score (nSPS) is 18.3.